The van der Waals surface area contributed by atoms with E-state index in [0.717, 1.165) is 139 Å². The predicted molar refractivity (Wildman–Crippen MR) is 383 cm³/mol. The number of aliphatic hydroxyl groups excluding tert-OH is 2. The number of nitrogens with zero attached hydrogens (tertiary/aromatic N) is 15. The molecule has 98 heavy (non-hydrogen) atoms. The fraction of sp³-hybridized carbons (Fsp3) is 0.311. The van der Waals surface area contributed by atoms with Crippen molar-refractivity contribution >= 4 is 67.2 Å². The molecule has 0 spiro atoms. The van der Waals surface area contributed by atoms with Gasteiger partial charge in [0.25, 0.3) is 0 Å². The van der Waals surface area contributed by atoms with Gasteiger partial charge >= 0.3 is 0 Å². The molecule has 1 aliphatic carbocycles. The van der Waals surface area contributed by atoms with Crippen LogP contribution in [0.5, 0.6) is 34.5 Å². The van der Waals surface area contributed by atoms with Crippen LogP contribution in [0.25, 0.3) is 66.9 Å². The molecule has 2 aliphatic rings. The zero-order valence-electron chi connectivity index (χ0n) is 55.6. The topological polar surface area (TPSA) is 250 Å². The molecule has 0 unspecified atom stereocenters. The maximum absolute atomic E-state index is 9.65. The molecule has 12 aromatic rings. The Morgan fingerprint density at radius 2 is 0.898 bits per heavy atom. The van der Waals surface area contributed by atoms with Crippen LogP contribution in [0.4, 0.5) is 34.1 Å². The summed E-state index contributed by atoms with van der Waals surface area (Å²) in [6.07, 6.45) is 22.4. The summed E-state index contributed by atoms with van der Waals surface area (Å²) in [6, 6.07) is 35.7. The monoisotopic (exact) mass is 1320 g/mol. The van der Waals surface area contributed by atoms with Crippen LogP contribution in [0.2, 0.25) is 0 Å². The molecular weight excluding hydrogens is 1240 g/mol. The van der Waals surface area contributed by atoms with E-state index in [9.17, 15) is 5.11 Å². The van der Waals surface area contributed by atoms with E-state index in [1.807, 2.05) is 110 Å². The minimum atomic E-state index is -0.0407. The number of aryl methyl sites for hydroxylation is 2. The zero-order valence-corrected chi connectivity index (χ0v) is 55.6. The molecule has 6 aromatic heterocycles. The summed E-state index contributed by atoms with van der Waals surface area (Å²) in [5.41, 5.74) is 15.8. The average molecular weight is 1330 g/mol. The molecule has 0 radical (unpaired) electrons. The largest absolute Gasteiger partial charge is 0.497 e. The van der Waals surface area contributed by atoms with Gasteiger partial charge in [0.2, 0.25) is 0 Å². The number of anilines is 6. The molecule has 0 bridgehead atoms. The Hall–Kier alpha value is -11.0. The fourth-order valence-electron chi connectivity index (χ4n) is 11.7. The highest BCUT2D eigenvalue weighted by molar-refractivity contribution is 5.85. The highest BCUT2D eigenvalue weighted by atomic mass is 16.5. The first-order valence-corrected chi connectivity index (χ1v) is 32.3. The first kappa shape index (κ1) is 68.4. The first-order valence-electron chi connectivity index (χ1n) is 32.3. The number of nitrogens with one attached hydrogen (secondary N) is 1. The Balaban J connectivity index is 0.000000149. The van der Waals surface area contributed by atoms with Gasteiger partial charge in [0, 0.05) is 158 Å². The van der Waals surface area contributed by atoms with Crippen molar-refractivity contribution in [2.24, 2.45) is 20.0 Å². The van der Waals surface area contributed by atoms with Crippen LogP contribution in [-0.2, 0) is 14.1 Å². The summed E-state index contributed by atoms with van der Waals surface area (Å²) in [4.78, 5) is 37.4. The number of aliphatic hydroxyl groups is 2. The molecule has 1 saturated heterocycles. The molecule has 14 rings (SSSR count). The number of methoxy groups -OCH3 is 5. The minimum absolute atomic E-state index is 0. The van der Waals surface area contributed by atoms with Crippen molar-refractivity contribution in [1.82, 2.24) is 64.6 Å². The number of aromatic nitrogens is 12. The molecule has 6 aromatic carbocycles. The van der Waals surface area contributed by atoms with E-state index >= 15 is 0 Å². The maximum atomic E-state index is 9.65. The molecular formula is C74H84N16O8. The highest BCUT2D eigenvalue weighted by Gasteiger charge is 2.27. The Morgan fingerprint density at radius 3 is 1.31 bits per heavy atom. The van der Waals surface area contributed by atoms with Gasteiger partial charge < -0.3 is 58.2 Å². The van der Waals surface area contributed by atoms with Gasteiger partial charge in [-0.05, 0) is 112 Å². The van der Waals surface area contributed by atoms with Gasteiger partial charge in [0.1, 0.15) is 41.1 Å². The van der Waals surface area contributed by atoms with E-state index in [0.29, 0.717) is 35.5 Å². The third kappa shape index (κ3) is 16.8. The number of fused-ring (bicyclic) bond motifs is 3. The standard InChI is InChI=1S/C27H32N6O2.C25H27N5O3.C21H21N5O3.CH4/c1-31-19-20(17-29-31)27-18-28-25-8-7-21(15-26(25)30-27)33(12-6-11-32-9-4-5-10-32)22-13-23(34-2)16-24(14-22)35-3;1-29-16-18(13-27-29)25-14-26-23-6-5-19(11-24(23)28-25)30(15-17-3-4-17)20-9-21(32-2)12-22(10-20)33-8-7-31;1-28-17-7-16(8-18(10-17)29-2)26(5-6-27)15-3-4-19-20(9-15)25-21(13-22-19)14-11-23-24-12-14;/h7-8,13-19H,4-6,9-12H2,1-3H3;5-6,9-14,16-17,31H,3-4,7-8,15H2,1-2H3;3-4,7-13,27H,5-6H2,1-2H3,(H,23,24);1H4. The number of ether oxygens (including phenoxy) is 6. The van der Waals surface area contributed by atoms with Crippen LogP contribution in [-0.4, -0.2) is 169 Å². The van der Waals surface area contributed by atoms with Crippen molar-refractivity contribution in [1.29, 1.82) is 0 Å². The lowest BCUT2D eigenvalue weighted by Gasteiger charge is -2.27. The molecule has 3 N–H and O–H groups in total. The van der Waals surface area contributed by atoms with Gasteiger partial charge in [-0.25, -0.2) is 15.0 Å². The van der Waals surface area contributed by atoms with Gasteiger partial charge in [-0.15, -0.1) is 0 Å². The Morgan fingerprint density at radius 1 is 0.469 bits per heavy atom. The van der Waals surface area contributed by atoms with Crippen LogP contribution in [0.3, 0.4) is 0 Å². The van der Waals surface area contributed by atoms with Crippen molar-refractivity contribution < 1.29 is 38.6 Å². The van der Waals surface area contributed by atoms with Crippen LogP contribution in [0.1, 0.15) is 39.5 Å². The van der Waals surface area contributed by atoms with E-state index in [4.69, 9.17) is 48.5 Å². The molecule has 2 fully saturated rings. The summed E-state index contributed by atoms with van der Waals surface area (Å²) < 4.78 is 36.6. The Kier molecular flexibility index (Phi) is 22.5. The molecule has 24 heteroatoms. The first-order chi connectivity index (χ1) is 47.5. The smallest absolute Gasteiger partial charge is 0.125 e. The predicted octanol–water partition coefficient (Wildman–Crippen LogP) is 12.4. The summed E-state index contributed by atoms with van der Waals surface area (Å²) in [6.45, 7) is 5.84. The van der Waals surface area contributed by atoms with Gasteiger partial charge in [-0.1, -0.05) is 7.43 Å². The second-order valence-corrected chi connectivity index (χ2v) is 23.6. The SMILES string of the molecule is C.COc1cc(OC)cc(N(CCCN2CCCC2)c2ccc3ncc(-c4cnn(C)c4)nc3c2)c1.COc1cc(OC)cc(N(CCO)c2ccc3ncc(-c4cn[nH]c4)nc3c2)c1.COc1cc(OCCO)cc(N(CC2CC2)c2ccc3ncc(-c4cnn(C)c4)nc3c2)c1. The van der Waals surface area contributed by atoms with Gasteiger partial charge in [-0.3, -0.25) is 29.4 Å². The van der Waals surface area contributed by atoms with Crippen LogP contribution in [0.15, 0.2) is 165 Å². The molecule has 1 saturated carbocycles. The summed E-state index contributed by atoms with van der Waals surface area (Å²) in [7, 11) is 12.0. The third-order valence-electron chi connectivity index (χ3n) is 16.9. The lowest BCUT2D eigenvalue weighted by Crippen LogP contribution is -2.26. The summed E-state index contributed by atoms with van der Waals surface area (Å²) in [5, 5.41) is 34.1. The van der Waals surface area contributed by atoms with Crippen LogP contribution < -0.4 is 43.1 Å². The highest BCUT2D eigenvalue weighted by Crippen LogP contribution is 2.40. The van der Waals surface area contributed by atoms with Gasteiger partial charge in [-0.2, -0.15) is 15.3 Å². The average Bonchev–Trinajstić information content (AvgIpc) is 0.888. The Labute approximate surface area is 570 Å². The summed E-state index contributed by atoms with van der Waals surface area (Å²) >= 11 is 0. The molecule has 0 atom stereocenters. The van der Waals surface area contributed by atoms with Gasteiger partial charge in [0.05, 0.1) is 136 Å². The summed E-state index contributed by atoms with van der Waals surface area (Å²) in [5.74, 6) is 4.91. The molecule has 7 heterocycles. The fourth-order valence-corrected chi connectivity index (χ4v) is 11.7. The maximum Gasteiger partial charge on any atom is 0.125 e. The number of rotatable bonds is 25. The minimum Gasteiger partial charge on any atom is -0.497 e. The number of H-pyrrole nitrogens is 1. The van der Waals surface area contributed by atoms with E-state index in [-0.39, 0.29) is 27.2 Å². The lowest BCUT2D eigenvalue weighted by atomic mass is 10.1. The van der Waals surface area contributed by atoms with E-state index < -0.39 is 0 Å². The van der Waals surface area contributed by atoms with Crippen LogP contribution >= 0.6 is 0 Å². The van der Waals surface area contributed by atoms with E-state index in [2.05, 4.69) is 86.4 Å². The zero-order chi connectivity index (χ0) is 67.2. The molecule has 24 nitrogen and oxygen atoms in total. The van der Waals surface area contributed by atoms with Crippen molar-refractivity contribution in [2.75, 3.05) is 109 Å². The Bertz CT molecular complexity index is 4550. The van der Waals surface area contributed by atoms with Crippen molar-refractivity contribution in [2.45, 2.75) is 39.5 Å². The lowest BCUT2D eigenvalue weighted by molar-refractivity contribution is 0.201. The third-order valence-corrected chi connectivity index (χ3v) is 16.9. The van der Waals surface area contributed by atoms with E-state index in [1.165, 1.54) is 38.8 Å². The normalized spacial score (nSPS) is 12.7. The van der Waals surface area contributed by atoms with Crippen LogP contribution in [0, 0.1) is 5.92 Å². The molecule has 0 amide bonds. The van der Waals surface area contributed by atoms with E-state index in [1.54, 1.807) is 82.1 Å². The van der Waals surface area contributed by atoms with Crippen molar-refractivity contribution in [3.63, 3.8) is 0 Å². The molecule has 1 aliphatic heterocycles. The second kappa shape index (κ2) is 32.2. The van der Waals surface area contributed by atoms with Crippen molar-refractivity contribution in [3.8, 4) is 68.3 Å². The second-order valence-electron chi connectivity index (χ2n) is 23.6. The quantitative estimate of drug-likeness (QED) is 0.0481. The number of likely N-dealkylation sites (tertiary alicyclic amines) is 1. The number of aromatic amines is 1. The molecule has 508 valence electrons. The number of hydrogen-bond donors (Lipinski definition) is 3. The van der Waals surface area contributed by atoms with Crippen molar-refractivity contribution in [3.05, 3.63) is 165 Å². The number of hydrogen-bond acceptors (Lipinski definition) is 21. The van der Waals surface area contributed by atoms with Gasteiger partial charge in [0.15, 0.2) is 0 Å². The number of benzene rings is 6.